The van der Waals surface area contributed by atoms with Crippen LogP contribution in [0.25, 0.3) is 0 Å². The number of hydrogen-bond acceptors (Lipinski definition) is 2. The fourth-order valence-corrected chi connectivity index (χ4v) is 3.33. The first kappa shape index (κ1) is 12.9. The Bertz CT molecular complexity index is 548. The van der Waals surface area contributed by atoms with Gasteiger partial charge in [-0.1, -0.05) is 23.2 Å². The quantitative estimate of drug-likeness (QED) is 0.849. The molecule has 1 atom stereocenters. The van der Waals surface area contributed by atoms with Crippen molar-refractivity contribution in [3.8, 4) is 0 Å². The van der Waals surface area contributed by atoms with Gasteiger partial charge in [-0.05, 0) is 49.2 Å². The number of rotatable bonds is 2. The highest BCUT2D eigenvalue weighted by molar-refractivity contribution is 7.12. The molecule has 4 heteroatoms. The molecule has 2 aromatic rings. The third kappa shape index (κ3) is 2.66. The normalized spacial score (nSPS) is 12.8. The molecule has 1 aromatic carbocycles. The van der Waals surface area contributed by atoms with Crippen LogP contribution in [-0.2, 0) is 0 Å². The van der Waals surface area contributed by atoms with Gasteiger partial charge in [0.05, 0.1) is 6.04 Å². The Morgan fingerprint density at radius 1 is 1.18 bits per heavy atom. The molecule has 1 unspecified atom stereocenters. The van der Waals surface area contributed by atoms with Gasteiger partial charge in [-0.25, -0.2) is 0 Å². The second kappa shape index (κ2) is 4.99. The van der Waals surface area contributed by atoms with E-state index in [1.807, 2.05) is 6.07 Å². The molecular formula is C13H13Cl2NS. The highest BCUT2D eigenvalue weighted by Gasteiger charge is 2.17. The van der Waals surface area contributed by atoms with Crippen molar-refractivity contribution in [1.29, 1.82) is 0 Å². The Morgan fingerprint density at radius 2 is 1.88 bits per heavy atom. The van der Waals surface area contributed by atoms with Crippen LogP contribution in [0.2, 0.25) is 10.0 Å². The first-order valence-electron chi connectivity index (χ1n) is 5.26. The summed E-state index contributed by atoms with van der Waals surface area (Å²) in [4.78, 5) is 2.40. The van der Waals surface area contributed by atoms with Crippen molar-refractivity contribution in [3.05, 3.63) is 55.2 Å². The lowest BCUT2D eigenvalue weighted by molar-refractivity contribution is 0.885. The lowest BCUT2D eigenvalue weighted by Crippen LogP contribution is -2.11. The van der Waals surface area contributed by atoms with Gasteiger partial charge in [0.2, 0.25) is 0 Å². The molecule has 0 aliphatic rings. The molecule has 0 spiro atoms. The molecule has 17 heavy (non-hydrogen) atoms. The second-order valence-corrected chi connectivity index (χ2v) is 6.18. The zero-order valence-electron chi connectivity index (χ0n) is 9.63. The number of aryl methyl sites for hydroxylation is 2. The lowest BCUT2D eigenvalue weighted by atomic mass is 10.0. The van der Waals surface area contributed by atoms with Crippen LogP contribution in [0.4, 0.5) is 0 Å². The van der Waals surface area contributed by atoms with E-state index in [1.54, 1.807) is 23.5 Å². The topological polar surface area (TPSA) is 26.0 Å². The van der Waals surface area contributed by atoms with Crippen LogP contribution in [-0.4, -0.2) is 0 Å². The summed E-state index contributed by atoms with van der Waals surface area (Å²) in [6, 6.07) is 7.32. The van der Waals surface area contributed by atoms with E-state index < -0.39 is 0 Å². The molecule has 0 saturated carbocycles. The third-order valence-electron chi connectivity index (χ3n) is 2.65. The predicted molar refractivity (Wildman–Crippen MR) is 76.3 cm³/mol. The van der Waals surface area contributed by atoms with Crippen molar-refractivity contribution in [2.24, 2.45) is 5.73 Å². The van der Waals surface area contributed by atoms with Crippen LogP contribution >= 0.6 is 34.5 Å². The van der Waals surface area contributed by atoms with Crippen molar-refractivity contribution < 1.29 is 0 Å². The van der Waals surface area contributed by atoms with Crippen molar-refractivity contribution in [2.45, 2.75) is 19.9 Å². The zero-order chi connectivity index (χ0) is 12.6. The van der Waals surface area contributed by atoms with Crippen LogP contribution < -0.4 is 5.73 Å². The summed E-state index contributed by atoms with van der Waals surface area (Å²) < 4.78 is 0. The second-order valence-electron chi connectivity index (χ2n) is 4.05. The van der Waals surface area contributed by atoms with Crippen molar-refractivity contribution in [3.63, 3.8) is 0 Å². The minimum Gasteiger partial charge on any atom is -0.320 e. The fourth-order valence-electron chi connectivity index (χ4n) is 1.86. The van der Waals surface area contributed by atoms with E-state index in [0.717, 1.165) is 10.4 Å². The Morgan fingerprint density at radius 3 is 2.47 bits per heavy atom. The summed E-state index contributed by atoms with van der Waals surface area (Å²) in [6.07, 6.45) is 0. The minimum absolute atomic E-state index is 0.208. The minimum atomic E-state index is -0.208. The largest absolute Gasteiger partial charge is 0.320 e. The van der Waals surface area contributed by atoms with Crippen LogP contribution in [0.15, 0.2) is 24.3 Å². The summed E-state index contributed by atoms with van der Waals surface area (Å²) in [6.45, 7) is 4.14. The number of thiophene rings is 1. The Labute approximate surface area is 115 Å². The highest BCUT2D eigenvalue weighted by Crippen LogP contribution is 2.34. The number of halogens is 2. The number of nitrogens with two attached hydrogens (primary N) is 1. The molecule has 0 radical (unpaired) electrons. The van der Waals surface area contributed by atoms with Crippen molar-refractivity contribution in [2.75, 3.05) is 0 Å². The van der Waals surface area contributed by atoms with Crippen LogP contribution in [0, 0.1) is 13.8 Å². The average molecular weight is 286 g/mol. The van der Waals surface area contributed by atoms with Gasteiger partial charge in [0.25, 0.3) is 0 Å². The van der Waals surface area contributed by atoms with Crippen molar-refractivity contribution in [1.82, 2.24) is 0 Å². The van der Waals surface area contributed by atoms with Gasteiger partial charge < -0.3 is 5.73 Å². The predicted octanol–water partition coefficient (Wildman–Crippen LogP) is 4.72. The molecule has 0 aliphatic carbocycles. The molecule has 1 aromatic heterocycles. The van der Waals surface area contributed by atoms with E-state index >= 15 is 0 Å². The third-order valence-corrected chi connectivity index (χ3v) is 4.47. The summed E-state index contributed by atoms with van der Waals surface area (Å²) in [5.41, 5.74) is 8.35. The summed E-state index contributed by atoms with van der Waals surface area (Å²) in [5.74, 6) is 0. The average Bonchev–Trinajstić information content (AvgIpc) is 2.60. The van der Waals surface area contributed by atoms with E-state index in [-0.39, 0.29) is 6.04 Å². The van der Waals surface area contributed by atoms with E-state index in [1.165, 1.54) is 10.4 Å². The number of hydrogen-bond donors (Lipinski definition) is 1. The van der Waals surface area contributed by atoms with Crippen LogP contribution in [0.5, 0.6) is 0 Å². The Kier molecular flexibility index (Phi) is 3.79. The molecular weight excluding hydrogens is 273 g/mol. The van der Waals surface area contributed by atoms with E-state index in [2.05, 4.69) is 19.9 Å². The van der Waals surface area contributed by atoms with Gasteiger partial charge in [-0.15, -0.1) is 11.3 Å². The van der Waals surface area contributed by atoms with Gasteiger partial charge >= 0.3 is 0 Å². The molecule has 0 saturated heterocycles. The summed E-state index contributed by atoms with van der Waals surface area (Å²) in [7, 11) is 0. The summed E-state index contributed by atoms with van der Waals surface area (Å²) >= 11 is 13.9. The monoisotopic (exact) mass is 285 g/mol. The standard InChI is InChI=1S/C13H13Cl2NS/c1-7-5-8(2)17-13(7)12(16)10-6-9(14)3-4-11(10)15/h3-6,12H,16H2,1-2H3. The molecule has 0 aliphatic heterocycles. The summed E-state index contributed by atoms with van der Waals surface area (Å²) in [5, 5.41) is 1.32. The lowest BCUT2D eigenvalue weighted by Gasteiger charge is -2.13. The maximum atomic E-state index is 6.27. The van der Waals surface area contributed by atoms with Gasteiger partial charge in [-0.3, -0.25) is 0 Å². The molecule has 0 amide bonds. The smallest absolute Gasteiger partial charge is 0.0663 e. The molecule has 1 heterocycles. The molecule has 2 N–H and O–H groups in total. The molecule has 2 rings (SSSR count). The number of benzene rings is 1. The molecule has 90 valence electrons. The SMILES string of the molecule is Cc1cc(C)c(C(N)c2cc(Cl)ccc2Cl)s1. The van der Waals surface area contributed by atoms with E-state index in [9.17, 15) is 0 Å². The maximum Gasteiger partial charge on any atom is 0.0663 e. The molecule has 1 nitrogen and oxygen atoms in total. The van der Waals surface area contributed by atoms with Crippen LogP contribution in [0.1, 0.15) is 26.9 Å². The van der Waals surface area contributed by atoms with E-state index in [0.29, 0.717) is 10.0 Å². The fraction of sp³-hybridized carbons (Fsp3) is 0.231. The first-order valence-corrected chi connectivity index (χ1v) is 6.83. The molecule has 0 bridgehead atoms. The van der Waals surface area contributed by atoms with E-state index in [4.69, 9.17) is 28.9 Å². The van der Waals surface area contributed by atoms with Gasteiger partial charge in [0.1, 0.15) is 0 Å². The Hall–Kier alpha value is -0.540. The first-order chi connectivity index (χ1) is 7.99. The van der Waals surface area contributed by atoms with Gasteiger partial charge in [-0.2, -0.15) is 0 Å². The van der Waals surface area contributed by atoms with Crippen molar-refractivity contribution >= 4 is 34.5 Å². The Balaban J connectivity index is 2.46. The zero-order valence-corrected chi connectivity index (χ0v) is 12.0. The highest BCUT2D eigenvalue weighted by atomic mass is 35.5. The molecule has 0 fully saturated rings. The van der Waals surface area contributed by atoms with Gasteiger partial charge in [0, 0.05) is 19.8 Å². The van der Waals surface area contributed by atoms with Gasteiger partial charge in [0.15, 0.2) is 0 Å². The van der Waals surface area contributed by atoms with Crippen LogP contribution in [0.3, 0.4) is 0 Å². The maximum absolute atomic E-state index is 6.27.